The van der Waals surface area contributed by atoms with Crippen molar-refractivity contribution in [2.45, 2.75) is 31.0 Å². The van der Waals surface area contributed by atoms with Crippen LogP contribution in [-0.2, 0) is 9.53 Å². The molecule has 0 unspecified atom stereocenters. The van der Waals surface area contributed by atoms with Crippen molar-refractivity contribution in [3.8, 4) is 0 Å². The highest BCUT2D eigenvalue weighted by atomic mass is 16.5. The zero-order valence-corrected chi connectivity index (χ0v) is 8.74. The summed E-state index contributed by atoms with van der Waals surface area (Å²) in [7, 11) is 0. The van der Waals surface area contributed by atoms with Crippen molar-refractivity contribution in [2.75, 3.05) is 0 Å². The maximum absolute atomic E-state index is 11.3. The second-order valence-electron chi connectivity index (χ2n) is 4.46. The van der Waals surface area contributed by atoms with Crippen molar-refractivity contribution >= 4 is 5.97 Å². The van der Waals surface area contributed by atoms with Gasteiger partial charge in [-0.2, -0.15) is 0 Å². The molecular weight excluding hydrogens is 206 g/mol. The first kappa shape index (κ1) is 9.78. The van der Waals surface area contributed by atoms with Crippen molar-refractivity contribution in [2.24, 2.45) is 5.92 Å². The zero-order valence-electron chi connectivity index (χ0n) is 8.74. The van der Waals surface area contributed by atoms with Gasteiger partial charge in [0.2, 0.25) is 0 Å². The molecule has 16 heavy (non-hydrogen) atoms. The second-order valence-corrected chi connectivity index (χ2v) is 4.46. The molecule has 0 amide bonds. The van der Waals surface area contributed by atoms with Crippen molar-refractivity contribution in [3.63, 3.8) is 0 Å². The lowest BCUT2D eigenvalue weighted by Crippen LogP contribution is -2.31. The van der Waals surface area contributed by atoms with Crippen LogP contribution >= 0.6 is 0 Å². The Bertz CT molecular complexity index is 406. The second kappa shape index (κ2) is 3.56. The molecule has 3 rings (SSSR count). The third-order valence-corrected chi connectivity index (χ3v) is 3.65. The summed E-state index contributed by atoms with van der Waals surface area (Å²) in [6, 6.07) is 3.79. The van der Waals surface area contributed by atoms with Gasteiger partial charge < -0.3 is 9.84 Å². The molecule has 2 fully saturated rings. The number of aromatic nitrogens is 1. The van der Waals surface area contributed by atoms with Crippen molar-refractivity contribution in [3.05, 3.63) is 30.1 Å². The predicted octanol–water partition coefficient (Wildman–Crippen LogP) is 1.43. The predicted molar refractivity (Wildman–Crippen MR) is 56.0 cm³/mol. The highest BCUT2D eigenvalue weighted by Crippen LogP contribution is 2.48. The van der Waals surface area contributed by atoms with Crippen LogP contribution in [-0.4, -0.2) is 28.3 Å². The van der Waals surface area contributed by atoms with Gasteiger partial charge in [0, 0.05) is 18.3 Å². The number of ether oxygens (including phenoxy) is 1. The highest BCUT2D eigenvalue weighted by molar-refractivity contribution is 5.73. The number of carboxylic acids is 1. The zero-order chi connectivity index (χ0) is 11.1. The van der Waals surface area contributed by atoms with Gasteiger partial charge in [-0.05, 0) is 30.5 Å². The summed E-state index contributed by atoms with van der Waals surface area (Å²) in [4.78, 5) is 15.2. The Morgan fingerprint density at radius 2 is 2.00 bits per heavy atom. The number of nitrogens with zero attached hydrogens (tertiary/aromatic N) is 1. The quantitative estimate of drug-likeness (QED) is 0.817. The van der Waals surface area contributed by atoms with Gasteiger partial charge in [-0.1, -0.05) is 0 Å². The molecule has 1 aromatic heterocycles. The minimum absolute atomic E-state index is 0.000694. The van der Waals surface area contributed by atoms with Gasteiger partial charge in [0.15, 0.2) is 0 Å². The molecule has 84 valence electrons. The molecule has 0 radical (unpaired) electrons. The molecule has 0 spiro atoms. The average molecular weight is 219 g/mol. The molecule has 3 heterocycles. The molecule has 0 aromatic carbocycles. The van der Waals surface area contributed by atoms with E-state index in [9.17, 15) is 9.90 Å². The van der Waals surface area contributed by atoms with E-state index in [-0.39, 0.29) is 24.0 Å². The summed E-state index contributed by atoms with van der Waals surface area (Å²) in [6.45, 7) is 0. The Morgan fingerprint density at radius 1 is 1.31 bits per heavy atom. The largest absolute Gasteiger partial charge is 0.481 e. The molecule has 2 aliphatic rings. The Kier molecular flexibility index (Phi) is 2.17. The van der Waals surface area contributed by atoms with Gasteiger partial charge in [0.25, 0.3) is 0 Å². The lowest BCUT2D eigenvalue weighted by atomic mass is 9.76. The number of fused-ring (bicyclic) bond motifs is 2. The molecule has 4 nitrogen and oxygen atoms in total. The van der Waals surface area contributed by atoms with E-state index < -0.39 is 5.97 Å². The normalized spacial score (nSPS) is 36.5. The number of pyridine rings is 1. The monoisotopic (exact) mass is 219 g/mol. The summed E-state index contributed by atoms with van der Waals surface area (Å²) in [5.74, 6) is -1.13. The van der Waals surface area contributed by atoms with Crippen LogP contribution < -0.4 is 0 Å². The van der Waals surface area contributed by atoms with E-state index in [4.69, 9.17) is 4.74 Å². The number of rotatable bonds is 2. The Morgan fingerprint density at radius 3 is 2.69 bits per heavy atom. The summed E-state index contributed by atoms with van der Waals surface area (Å²) < 4.78 is 5.71. The third kappa shape index (κ3) is 1.33. The van der Waals surface area contributed by atoms with E-state index in [1.54, 1.807) is 12.4 Å². The Hall–Kier alpha value is -1.42. The fourth-order valence-corrected chi connectivity index (χ4v) is 3.00. The first-order valence-electron chi connectivity index (χ1n) is 5.55. The van der Waals surface area contributed by atoms with E-state index in [0.29, 0.717) is 0 Å². The van der Waals surface area contributed by atoms with Gasteiger partial charge in [-0.3, -0.25) is 9.78 Å². The summed E-state index contributed by atoms with van der Waals surface area (Å²) in [5, 5.41) is 9.27. The minimum atomic E-state index is -0.742. The van der Waals surface area contributed by atoms with Crippen LogP contribution in [0.5, 0.6) is 0 Å². The Balaban J connectivity index is 1.97. The topological polar surface area (TPSA) is 59.4 Å². The van der Waals surface area contributed by atoms with Crippen molar-refractivity contribution in [1.29, 1.82) is 0 Å². The van der Waals surface area contributed by atoms with Gasteiger partial charge >= 0.3 is 5.97 Å². The van der Waals surface area contributed by atoms with E-state index in [1.165, 1.54) is 0 Å². The van der Waals surface area contributed by atoms with Gasteiger partial charge in [-0.15, -0.1) is 0 Å². The molecule has 2 bridgehead atoms. The standard InChI is InChI=1S/C12H13NO3/c14-12(15)11-9-2-1-8(16-9)10(11)7-3-5-13-6-4-7/h3-6,8-11H,1-2H2,(H,14,15)/t8-,9+,10-,11-/m0/s1. The minimum Gasteiger partial charge on any atom is -0.481 e. The van der Waals surface area contributed by atoms with Crippen LogP contribution in [0.4, 0.5) is 0 Å². The Labute approximate surface area is 93.3 Å². The average Bonchev–Trinajstić information content (AvgIpc) is 2.89. The SMILES string of the molecule is O=C(O)[C@@H]1[C@@H](c2ccncc2)[C@@H]2CC[C@H]1O2. The fourth-order valence-electron chi connectivity index (χ4n) is 3.00. The number of aliphatic carboxylic acids is 1. The van der Waals surface area contributed by atoms with E-state index >= 15 is 0 Å². The lowest BCUT2D eigenvalue weighted by Gasteiger charge is -2.24. The molecule has 2 saturated heterocycles. The fraction of sp³-hybridized carbons (Fsp3) is 0.500. The molecule has 0 aliphatic carbocycles. The molecule has 1 aromatic rings. The first-order chi connectivity index (χ1) is 7.77. The maximum atomic E-state index is 11.3. The number of carbonyl (C=O) groups is 1. The van der Waals surface area contributed by atoms with E-state index in [0.717, 1.165) is 18.4 Å². The lowest BCUT2D eigenvalue weighted by molar-refractivity contribution is -0.143. The van der Waals surface area contributed by atoms with Crippen LogP contribution in [0.2, 0.25) is 0 Å². The number of hydrogen-bond acceptors (Lipinski definition) is 3. The molecular formula is C12H13NO3. The number of carboxylic acid groups (broad SMARTS) is 1. The summed E-state index contributed by atoms with van der Waals surface area (Å²) in [6.07, 6.45) is 5.25. The van der Waals surface area contributed by atoms with Gasteiger partial charge in [0.05, 0.1) is 18.1 Å². The van der Waals surface area contributed by atoms with Crippen LogP contribution in [0.1, 0.15) is 24.3 Å². The number of hydrogen-bond donors (Lipinski definition) is 1. The summed E-state index contributed by atoms with van der Waals surface area (Å²) >= 11 is 0. The maximum Gasteiger partial charge on any atom is 0.309 e. The molecule has 4 atom stereocenters. The molecule has 2 aliphatic heterocycles. The molecule has 1 N–H and O–H groups in total. The van der Waals surface area contributed by atoms with Crippen molar-refractivity contribution < 1.29 is 14.6 Å². The smallest absolute Gasteiger partial charge is 0.309 e. The van der Waals surface area contributed by atoms with Crippen LogP contribution in [0.15, 0.2) is 24.5 Å². The van der Waals surface area contributed by atoms with E-state index in [2.05, 4.69) is 4.98 Å². The van der Waals surface area contributed by atoms with Crippen LogP contribution in [0, 0.1) is 5.92 Å². The molecule has 4 heteroatoms. The van der Waals surface area contributed by atoms with Gasteiger partial charge in [-0.25, -0.2) is 0 Å². The van der Waals surface area contributed by atoms with Crippen LogP contribution in [0.25, 0.3) is 0 Å². The van der Waals surface area contributed by atoms with Gasteiger partial charge in [0.1, 0.15) is 0 Å². The molecule has 0 saturated carbocycles. The van der Waals surface area contributed by atoms with Crippen molar-refractivity contribution in [1.82, 2.24) is 4.98 Å². The first-order valence-corrected chi connectivity index (χ1v) is 5.55. The summed E-state index contributed by atoms with van der Waals surface area (Å²) in [5.41, 5.74) is 1.04. The highest BCUT2D eigenvalue weighted by Gasteiger charge is 2.52. The van der Waals surface area contributed by atoms with E-state index in [1.807, 2.05) is 12.1 Å². The van der Waals surface area contributed by atoms with Crippen LogP contribution in [0.3, 0.4) is 0 Å². The third-order valence-electron chi connectivity index (χ3n) is 3.65.